The summed E-state index contributed by atoms with van der Waals surface area (Å²) < 4.78 is 11.0. The molecular weight excluding hydrogens is 578 g/mol. The molecule has 1 unspecified atom stereocenters. The number of esters is 2. The molecule has 45 heavy (non-hydrogen) atoms. The first-order chi connectivity index (χ1) is 21.2. The molecule has 2 amide bonds. The lowest BCUT2D eigenvalue weighted by Crippen LogP contribution is -2.69. The highest BCUT2D eigenvalue weighted by atomic mass is 16.5. The van der Waals surface area contributed by atoms with Crippen LogP contribution < -0.4 is 11.1 Å². The highest BCUT2D eigenvalue weighted by molar-refractivity contribution is 6.05. The number of aliphatic hydroxyl groups is 1. The van der Waals surface area contributed by atoms with Crippen LogP contribution in [-0.4, -0.2) is 76.4 Å². The lowest BCUT2D eigenvalue weighted by atomic mass is 9.92. The molecule has 0 spiro atoms. The lowest BCUT2D eigenvalue weighted by molar-refractivity contribution is -0.449. The first-order valence-electron chi connectivity index (χ1n) is 16.2. The van der Waals surface area contributed by atoms with Gasteiger partial charge in [0.05, 0.1) is 12.3 Å². The first-order valence-corrected chi connectivity index (χ1v) is 16.2. The standard InChI is InChI=1S/C34H53N3O8/c1-8-22(6)29(35)27(38)18-28(39)45-31(21(4)5)30(40)23(7)32(41)36-25(17-20(2)3)33(42)37-16-12-15-26(37)34(43)44-19-24-13-10-9-11-14-24/h9-11,13-14,20-23,25-27,29,31,38H,8,12,15-19,35H2,1-7H3,(H,36,41)/p+1/t22-,23?,25-,26-,27-,29+,31-/m0/s1. The molecule has 1 aromatic carbocycles. The second-order valence-corrected chi connectivity index (χ2v) is 13.1. The Morgan fingerprint density at radius 3 is 2.27 bits per heavy atom. The van der Waals surface area contributed by atoms with Gasteiger partial charge < -0.3 is 30.5 Å². The van der Waals surface area contributed by atoms with Crippen molar-refractivity contribution in [1.29, 1.82) is 0 Å². The Kier molecular flexibility index (Phi) is 15.1. The normalized spacial score (nSPS) is 18.9. The molecule has 0 aromatic heterocycles. The average molecular weight is 633 g/mol. The quantitative estimate of drug-likeness (QED) is 0.174. The molecule has 1 saturated heterocycles. The molecule has 1 aliphatic rings. The monoisotopic (exact) mass is 632 g/mol. The summed E-state index contributed by atoms with van der Waals surface area (Å²) in [7, 11) is 0. The van der Waals surface area contributed by atoms with Crippen molar-refractivity contribution in [3.05, 3.63) is 35.9 Å². The largest absolute Gasteiger partial charge is 0.459 e. The summed E-state index contributed by atoms with van der Waals surface area (Å²) in [4.78, 5) is 67.6. The zero-order valence-electron chi connectivity index (χ0n) is 28.0. The molecule has 1 aromatic rings. The number of carbonyl (C=O) groups excluding carboxylic acids is 5. The van der Waals surface area contributed by atoms with Gasteiger partial charge in [0, 0.05) is 12.5 Å². The van der Waals surface area contributed by atoms with Gasteiger partial charge in [-0.25, -0.2) is 4.79 Å². The summed E-state index contributed by atoms with van der Waals surface area (Å²) >= 11 is 0. The number of Topliss-reactive ketones (excluding diaryl/α,β-unsaturated/α-hetero) is 1. The number of aliphatic hydroxyl groups excluding tert-OH is 1. The number of ketones is 1. The van der Waals surface area contributed by atoms with E-state index >= 15 is 0 Å². The van der Waals surface area contributed by atoms with Crippen LogP contribution in [0.1, 0.15) is 86.1 Å². The number of ether oxygens (including phenoxy) is 2. The predicted molar refractivity (Wildman–Crippen MR) is 168 cm³/mol. The van der Waals surface area contributed by atoms with Gasteiger partial charge >= 0.3 is 11.9 Å². The number of benzene rings is 1. The van der Waals surface area contributed by atoms with Crippen molar-refractivity contribution in [2.45, 2.75) is 118 Å². The molecule has 11 nitrogen and oxygen atoms in total. The van der Waals surface area contributed by atoms with Crippen LogP contribution in [0.2, 0.25) is 0 Å². The number of amides is 2. The van der Waals surface area contributed by atoms with Crippen molar-refractivity contribution in [3.63, 3.8) is 0 Å². The van der Waals surface area contributed by atoms with Crippen LogP contribution in [-0.2, 0) is 40.1 Å². The van der Waals surface area contributed by atoms with Gasteiger partial charge in [0.1, 0.15) is 30.8 Å². The highest BCUT2D eigenvalue weighted by Gasteiger charge is 2.41. The number of carbonyl (C=O) groups is 5. The topological polar surface area (TPSA) is 167 Å². The smallest absolute Gasteiger partial charge is 0.329 e. The minimum atomic E-state index is -1.22. The summed E-state index contributed by atoms with van der Waals surface area (Å²) in [6.45, 7) is 13.0. The summed E-state index contributed by atoms with van der Waals surface area (Å²) in [5.74, 6) is -4.44. The van der Waals surface area contributed by atoms with E-state index in [1.54, 1.807) is 13.8 Å². The molecule has 7 atom stereocenters. The third-order valence-corrected chi connectivity index (χ3v) is 8.56. The van der Waals surface area contributed by atoms with Gasteiger partial charge in [0.15, 0.2) is 11.9 Å². The van der Waals surface area contributed by atoms with E-state index in [2.05, 4.69) is 11.1 Å². The van der Waals surface area contributed by atoms with E-state index in [1.165, 1.54) is 11.8 Å². The van der Waals surface area contributed by atoms with Crippen molar-refractivity contribution >= 4 is 29.5 Å². The average Bonchev–Trinajstić information content (AvgIpc) is 3.50. The fourth-order valence-corrected chi connectivity index (χ4v) is 5.38. The molecule has 1 aliphatic heterocycles. The number of nitrogens with one attached hydrogen (secondary N) is 1. The van der Waals surface area contributed by atoms with Gasteiger partial charge in [-0.2, -0.15) is 0 Å². The van der Waals surface area contributed by atoms with Crippen LogP contribution in [0, 0.1) is 23.7 Å². The maximum atomic E-state index is 13.7. The van der Waals surface area contributed by atoms with Crippen molar-refractivity contribution in [1.82, 2.24) is 10.2 Å². The fourth-order valence-electron chi connectivity index (χ4n) is 5.38. The van der Waals surface area contributed by atoms with E-state index in [-0.39, 0.29) is 30.9 Å². The van der Waals surface area contributed by atoms with Crippen LogP contribution in [0.25, 0.3) is 0 Å². The van der Waals surface area contributed by atoms with E-state index in [0.717, 1.165) is 12.0 Å². The summed E-state index contributed by atoms with van der Waals surface area (Å²) in [5.41, 5.74) is 4.79. The Balaban J connectivity index is 2.09. The summed E-state index contributed by atoms with van der Waals surface area (Å²) in [5, 5.41) is 13.2. The predicted octanol–water partition coefficient (Wildman–Crippen LogP) is 2.43. The molecule has 2 rings (SSSR count). The molecule has 0 saturated carbocycles. The number of quaternary nitrogens is 1. The van der Waals surface area contributed by atoms with Gasteiger partial charge in [0.2, 0.25) is 11.8 Å². The molecule has 0 radical (unpaired) electrons. The molecular formula is C34H54N3O8+. The number of hydrogen-bond donors (Lipinski definition) is 3. The second-order valence-electron chi connectivity index (χ2n) is 13.1. The van der Waals surface area contributed by atoms with Crippen molar-refractivity contribution in [2.75, 3.05) is 6.54 Å². The Bertz CT molecular complexity index is 1140. The zero-order valence-corrected chi connectivity index (χ0v) is 28.0. The maximum Gasteiger partial charge on any atom is 0.329 e. The van der Waals surface area contributed by atoms with E-state index in [0.29, 0.717) is 25.8 Å². The second kappa shape index (κ2) is 18.0. The Morgan fingerprint density at radius 2 is 1.69 bits per heavy atom. The molecule has 1 heterocycles. The first kappa shape index (κ1) is 37.9. The van der Waals surface area contributed by atoms with Gasteiger partial charge in [-0.3, -0.25) is 19.2 Å². The Labute approximate surface area is 267 Å². The highest BCUT2D eigenvalue weighted by Crippen LogP contribution is 2.23. The van der Waals surface area contributed by atoms with Crippen LogP contribution in [0.3, 0.4) is 0 Å². The molecule has 252 valence electrons. The molecule has 0 aliphatic carbocycles. The molecule has 1 fully saturated rings. The number of likely N-dealkylation sites (tertiary alicyclic amines) is 1. The SMILES string of the molecule is CC[C@H](C)[C@@H]([NH3+])[C@@H](O)CC(=O)O[C@H](C(=O)C(C)C(=O)N[C@@H](CC(C)C)C(=O)N1CCC[C@H]1C(=O)OCc1ccccc1)C(C)C. The lowest BCUT2D eigenvalue weighted by Gasteiger charge is -2.30. The summed E-state index contributed by atoms with van der Waals surface area (Å²) in [6, 6.07) is 7.18. The van der Waals surface area contributed by atoms with Crippen molar-refractivity contribution in [2.24, 2.45) is 23.7 Å². The van der Waals surface area contributed by atoms with E-state index < -0.39 is 65.7 Å². The number of nitrogens with zero attached hydrogens (tertiary/aromatic N) is 1. The third kappa shape index (κ3) is 11.2. The van der Waals surface area contributed by atoms with Crippen LogP contribution in [0.15, 0.2) is 30.3 Å². The fraction of sp³-hybridized carbons (Fsp3) is 0.676. The van der Waals surface area contributed by atoms with E-state index in [4.69, 9.17) is 9.47 Å². The van der Waals surface area contributed by atoms with Gasteiger partial charge in [-0.15, -0.1) is 0 Å². The van der Waals surface area contributed by atoms with Gasteiger partial charge in [-0.1, -0.05) is 71.9 Å². The van der Waals surface area contributed by atoms with Crippen LogP contribution >= 0.6 is 0 Å². The number of rotatable bonds is 17. The van der Waals surface area contributed by atoms with Crippen LogP contribution in [0.4, 0.5) is 0 Å². The van der Waals surface area contributed by atoms with Crippen molar-refractivity contribution in [3.8, 4) is 0 Å². The molecule has 0 bridgehead atoms. The van der Waals surface area contributed by atoms with Crippen molar-refractivity contribution < 1.29 is 44.3 Å². The summed E-state index contributed by atoms with van der Waals surface area (Å²) in [6.07, 6.45) is -0.378. The van der Waals surface area contributed by atoms with Crippen LogP contribution in [0.5, 0.6) is 0 Å². The molecule has 5 N–H and O–H groups in total. The minimum absolute atomic E-state index is 0.0273. The van der Waals surface area contributed by atoms with E-state index in [1.807, 2.05) is 58.0 Å². The number of hydrogen-bond acceptors (Lipinski definition) is 8. The van der Waals surface area contributed by atoms with Gasteiger partial charge in [0.25, 0.3) is 0 Å². The Morgan fingerprint density at radius 1 is 1.04 bits per heavy atom. The minimum Gasteiger partial charge on any atom is -0.459 e. The maximum absolute atomic E-state index is 13.7. The third-order valence-electron chi connectivity index (χ3n) is 8.56. The zero-order chi connectivity index (χ0) is 33.8. The van der Waals surface area contributed by atoms with Gasteiger partial charge in [-0.05, 0) is 50.0 Å². The van der Waals surface area contributed by atoms with E-state index in [9.17, 15) is 29.1 Å². The Hall–Kier alpha value is -3.31. The molecule has 11 heteroatoms.